The van der Waals surface area contributed by atoms with Gasteiger partial charge in [-0.2, -0.15) is 4.98 Å². The van der Waals surface area contributed by atoms with E-state index in [9.17, 15) is 13.2 Å². The fourth-order valence-corrected chi connectivity index (χ4v) is 4.69. The minimum absolute atomic E-state index is 0.00388. The highest BCUT2D eigenvalue weighted by molar-refractivity contribution is 7.89. The van der Waals surface area contributed by atoms with Crippen molar-refractivity contribution >= 4 is 50.2 Å². The third-order valence-corrected chi connectivity index (χ3v) is 6.72. The Kier molecular flexibility index (Phi) is 6.31. The lowest BCUT2D eigenvalue weighted by atomic mass is 10.2. The number of para-hydroxylation sites is 2. The van der Waals surface area contributed by atoms with Crippen LogP contribution in [0.25, 0.3) is 11.0 Å². The second-order valence-electron chi connectivity index (χ2n) is 9.09. The number of benzene rings is 2. The molecule has 0 atom stereocenters. The number of anilines is 4. The molecule has 2 aromatic heterocycles. The summed E-state index contributed by atoms with van der Waals surface area (Å²) >= 11 is 0. The van der Waals surface area contributed by atoms with E-state index in [0.29, 0.717) is 24.4 Å². The highest BCUT2D eigenvalue weighted by atomic mass is 32.2. The van der Waals surface area contributed by atoms with Crippen LogP contribution >= 0.6 is 0 Å². The first-order valence-corrected chi connectivity index (χ1v) is 13.7. The Balaban J connectivity index is 1.33. The Labute approximate surface area is 209 Å². The number of imidazole rings is 1. The number of carbonyl (C=O) groups is 1. The quantitative estimate of drug-likeness (QED) is 0.354. The molecule has 10 nitrogen and oxygen atoms in total. The third kappa shape index (κ3) is 5.62. The molecule has 4 aromatic rings. The van der Waals surface area contributed by atoms with E-state index >= 15 is 0 Å². The average Bonchev–Trinajstić information content (AvgIpc) is 3.64. The number of amides is 1. The first kappa shape index (κ1) is 23.7. The van der Waals surface area contributed by atoms with Gasteiger partial charge in [0.05, 0.1) is 23.5 Å². The predicted molar refractivity (Wildman–Crippen MR) is 140 cm³/mol. The van der Waals surface area contributed by atoms with E-state index in [1.165, 1.54) is 6.26 Å². The molecule has 1 saturated carbocycles. The van der Waals surface area contributed by atoms with E-state index in [-0.39, 0.29) is 17.6 Å². The van der Waals surface area contributed by atoms with Crippen molar-refractivity contribution in [3.63, 3.8) is 0 Å². The first-order valence-electron chi connectivity index (χ1n) is 11.6. The Morgan fingerprint density at radius 2 is 1.83 bits per heavy atom. The van der Waals surface area contributed by atoms with Crippen LogP contribution in [0.1, 0.15) is 18.4 Å². The van der Waals surface area contributed by atoms with Crippen molar-refractivity contribution in [3.8, 4) is 0 Å². The van der Waals surface area contributed by atoms with Crippen LogP contribution in [0.3, 0.4) is 0 Å². The molecule has 1 aliphatic rings. The monoisotopic (exact) mass is 505 g/mol. The van der Waals surface area contributed by atoms with Crippen molar-refractivity contribution in [3.05, 3.63) is 66.4 Å². The number of rotatable bonds is 9. The smallest absolute Gasteiger partial charge is 0.229 e. The molecule has 0 saturated heterocycles. The summed E-state index contributed by atoms with van der Waals surface area (Å²) in [6, 6.07) is 16.7. The zero-order valence-corrected chi connectivity index (χ0v) is 20.9. The Morgan fingerprint density at radius 3 is 2.56 bits per heavy atom. The Hall–Kier alpha value is -3.99. The Morgan fingerprint density at radius 1 is 1.08 bits per heavy atom. The van der Waals surface area contributed by atoms with Crippen LogP contribution in [-0.2, 0) is 27.1 Å². The number of carbonyl (C=O) groups excluding carboxylic acids is 1. The van der Waals surface area contributed by atoms with Gasteiger partial charge in [0.1, 0.15) is 5.82 Å². The maximum absolute atomic E-state index is 12.4. The maximum atomic E-state index is 12.4. The molecule has 2 aromatic carbocycles. The van der Waals surface area contributed by atoms with Gasteiger partial charge >= 0.3 is 0 Å². The molecule has 11 heteroatoms. The second kappa shape index (κ2) is 9.57. The van der Waals surface area contributed by atoms with Crippen LogP contribution < -0.4 is 15.5 Å². The van der Waals surface area contributed by atoms with Gasteiger partial charge < -0.3 is 10.2 Å². The molecule has 1 amide bonds. The number of nitrogens with one attached hydrogen (secondary N) is 2. The largest absolute Gasteiger partial charge is 0.341 e. The zero-order chi connectivity index (χ0) is 25.3. The summed E-state index contributed by atoms with van der Waals surface area (Å²) in [5, 5.41) is 6.14. The summed E-state index contributed by atoms with van der Waals surface area (Å²) in [6.07, 6.45) is 4.72. The molecule has 0 spiro atoms. The fraction of sp³-hybridized carbons (Fsp3) is 0.280. The van der Waals surface area contributed by atoms with Gasteiger partial charge in [-0.05, 0) is 48.7 Å². The van der Waals surface area contributed by atoms with Crippen LogP contribution in [0, 0.1) is 5.92 Å². The minimum Gasteiger partial charge on any atom is -0.341 e. The van der Waals surface area contributed by atoms with Gasteiger partial charge in [0, 0.05) is 31.1 Å². The average molecular weight is 506 g/mol. The summed E-state index contributed by atoms with van der Waals surface area (Å²) in [4.78, 5) is 27.9. The minimum atomic E-state index is -3.09. The second-order valence-corrected chi connectivity index (χ2v) is 11.2. The van der Waals surface area contributed by atoms with E-state index in [2.05, 4.69) is 25.6 Å². The Bertz CT molecular complexity index is 1510. The van der Waals surface area contributed by atoms with Crippen LogP contribution in [-0.4, -0.2) is 47.1 Å². The topological polar surface area (TPSA) is 122 Å². The van der Waals surface area contributed by atoms with Crippen molar-refractivity contribution in [2.24, 2.45) is 5.92 Å². The van der Waals surface area contributed by atoms with Crippen molar-refractivity contribution in [1.29, 1.82) is 0 Å². The summed E-state index contributed by atoms with van der Waals surface area (Å²) in [5.41, 5.74) is 3.19. The van der Waals surface area contributed by atoms with Gasteiger partial charge in [0.25, 0.3) is 0 Å². The lowest BCUT2D eigenvalue weighted by Crippen LogP contribution is -2.25. The summed E-state index contributed by atoms with van der Waals surface area (Å²) in [7, 11) is -1.18. The molecule has 0 aliphatic heterocycles. The lowest BCUT2D eigenvalue weighted by Gasteiger charge is -2.21. The van der Waals surface area contributed by atoms with E-state index in [1.54, 1.807) is 30.5 Å². The predicted octanol–water partition coefficient (Wildman–Crippen LogP) is 3.56. The summed E-state index contributed by atoms with van der Waals surface area (Å²) in [6.45, 7) is 0.414. The molecule has 0 bridgehead atoms. The molecule has 36 heavy (non-hydrogen) atoms. The fourth-order valence-electron chi connectivity index (χ4n) is 3.89. The number of fused-ring (bicyclic) bond motifs is 1. The van der Waals surface area contributed by atoms with E-state index in [1.807, 2.05) is 46.8 Å². The standard InChI is InChI=1S/C25H27N7O3S/c1-31(16-32-21-6-4-3-5-20(21)28-25(32)30-23(33)18-9-10-18)22-13-14-26-24(29-22)27-19-11-7-17(8-12-19)15-36(2,34)35/h3-8,11-14,18H,9-10,15-16H2,1-2H3,(H,26,27,29)(H,28,30,33). The van der Waals surface area contributed by atoms with Crippen molar-refractivity contribution < 1.29 is 13.2 Å². The van der Waals surface area contributed by atoms with Gasteiger partial charge in [-0.1, -0.05) is 24.3 Å². The zero-order valence-electron chi connectivity index (χ0n) is 20.0. The molecule has 1 fully saturated rings. The summed E-state index contributed by atoms with van der Waals surface area (Å²) < 4.78 is 25.0. The molecule has 2 heterocycles. The first-order chi connectivity index (χ1) is 17.2. The van der Waals surface area contributed by atoms with Crippen molar-refractivity contribution in [2.45, 2.75) is 25.3 Å². The van der Waals surface area contributed by atoms with E-state index in [4.69, 9.17) is 0 Å². The molecule has 186 valence electrons. The van der Waals surface area contributed by atoms with Crippen LogP contribution in [0.4, 0.5) is 23.4 Å². The summed E-state index contributed by atoms with van der Waals surface area (Å²) in [5.74, 6) is 1.68. The number of hydrogen-bond acceptors (Lipinski definition) is 8. The van der Waals surface area contributed by atoms with Crippen molar-refractivity contribution in [2.75, 3.05) is 28.8 Å². The number of sulfone groups is 1. The molecule has 1 aliphatic carbocycles. The number of hydrogen-bond donors (Lipinski definition) is 2. The van der Waals surface area contributed by atoms with Gasteiger partial charge in [-0.3, -0.25) is 14.7 Å². The molecule has 5 rings (SSSR count). The van der Waals surface area contributed by atoms with E-state index < -0.39 is 9.84 Å². The molecular weight excluding hydrogens is 478 g/mol. The number of nitrogens with zero attached hydrogens (tertiary/aromatic N) is 5. The molecule has 2 N–H and O–H groups in total. The lowest BCUT2D eigenvalue weighted by molar-refractivity contribution is -0.117. The van der Waals surface area contributed by atoms with Crippen LogP contribution in [0.15, 0.2) is 60.8 Å². The maximum Gasteiger partial charge on any atom is 0.229 e. The highest BCUT2D eigenvalue weighted by Gasteiger charge is 2.30. The normalized spacial score (nSPS) is 13.5. The molecule has 0 radical (unpaired) electrons. The third-order valence-electron chi connectivity index (χ3n) is 5.86. The molecule has 0 unspecified atom stereocenters. The number of aromatic nitrogens is 4. The molecular formula is C25H27N7O3S. The van der Waals surface area contributed by atoms with E-state index in [0.717, 1.165) is 35.1 Å². The van der Waals surface area contributed by atoms with Crippen LogP contribution in [0.2, 0.25) is 0 Å². The van der Waals surface area contributed by atoms with Gasteiger partial charge in [0.15, 0.2) is 9.84 Å². The van der Waals surface area contributed by atoms with Gasteiger partial charge in [0.2, 0.25) is 17.8 Å². The van der Waals surface area contributed by atoms with Gasteiger partial charge in [-0.25, -0.2) is 18.4 Å². The van der Waals surface area contributed by atoms with Crippen molar-refractivity contribution in [1.82, 2.24) is 19.5 Å². The SMILES string of the molecule is CN(Cn1c(NC(=O)C2CC2)nc2ccccc21)c1ccnc(Nc2ccc(CS(C)(=O)=O)cc2)n1. The van der Waals surface area contributed by atoms with Gasteiger partial charge in [-0.15, -0.1) is 0 Å². The van der Waals surface area contributed by atoms with Crippen LogP contribution in [0.5, 0.6) is 0 Å². The highest BCUT2D eigenvalue weighted by Crippen LogP contribution is 2.31.